The Kier molecular flexibility index (Phi) is 8.75. The molecule has 0 spiro atoms. The predicted molar refractivity (Wildman–Crippen MR) is 121 cm³/mol. The lowest BCUT2D eigenvalue weighted by atomic mass is 9.96. The van der Waals surface area contributed by atoms with Gasteiger partial charge in [-0.3, -0.25) is 29.0 Å². The van der Waals surface area contributed by atoms with Crippen LogP contribution in [0.15, 0.2) is 46.1 Å². The number of rotatable bonds is 11. The van der Waals surface area contributed by atoms with E-state index in [-0.39, 0.29) is 11.3 Å². The van der Waals surface area contributed by atoms with E-state index in [1.165, 1.54) is 24.3 Å². The zero-order valence-corrected chi connectivity index (χ0v) is 21.4. The summed E-state index contributed by atoms with van der Waals surface area (Å²) in [6, 6.07) is 6.32. The highest BCUT2D eigenvalue weighted by atomic mass is 31.3. The molecule has 1 aromatic carbocycles. The molecule has 1 saturated heterocycles. The summed E-state index contributed by atoms with van der Waals surface area (Å²) in [6.45, 7) is -1.05. The summed E-state index contributed by atoms with van der Waals surface area (Å²) in [5.41, 5.74) is -4.01. The minimum absolute atomic E-state index is 0.0522. The maximum Gasteiger partial charge on any atom is 0.490 e. The molecule has 1 aliphatic heterocycles. The Morgan fingerprint density at radius 2 is 1.76 bits per heavy atom. The number of aliphatic hydroxyl groups excluding tert-OH is 1. The summed E-state index contributed by atoms with van der Waals surface area (Å²) >= 11 is 0. The Morgan fingerprint density at radius 1 is 1.11 bits per heavy atom. The van der Waals surface area contributed by atoms with Crippen LogP contribution in [0.2, 0.25) is 0 Å². The van der Waals surface area contributed by atoms with Gasteiger partial charge in [-0.05, 0) is 0 Å². The summed E-state index contributed by atoms with van der Waals surface area (Å²) in [5, 5.41) is 22.1. The van der Waals surface area contributed by atoms with Gasteiger partial charge in [0.1, 0.15) is 6.10 Å². The van der Waals surface area contributed by atoms with Crippen LogP contribution in [-0.4, -0.2) is 58.0 Å². The van der Waals surface area contributed by atoms with Crippen molar-refractivity contribution in [1.29, 1.82) is 0 Å². The van der Waals surface area contributed by atoms with Crippen molar-refractivity contribution in [3.63, 3.8) is 0 Å². The van der Waals surface area contributed by atoms with Crippen LogP contribution in [0.3, 0.4) is 0 Å². The molecule has 19 nitrogen and oxygen atoms in total. The molecule has 3 rings (SSSR count). The lowest BCUT2D eigenvalue weighted by Crippen LogP contribution is -2.45. The van der Waals surface area contributed by atoms with E-state index in [9.17, 15) is 48.3 Å². The molecule has 210 valence electrons. The van der Waals surface area contributed by atoms with E-state index in [1.807, 2.05) is 4.98 Å². The number of hydrogen-bond acceptors (Lipinski definition) is 12. The number of nitrogens with one attached hydrogen (secondary N) is 1. The summed E-state index contributed by atoms with van der Waals surface area (Å²) in [4.78, 5) is 73.0. The standard InChI is InChI=1S/C16H20N3O16P3/c20-12-8-16(18-6-5-14(21)17-15(18)22,7-10-3-1-2-4-11(10)19(23)24)33-13(12)9-32-37(28,29)35-38(30,31)34-36(25,26)27/h1-6,12-13,20H,7-9H2,(H,28,29)(H,30,31)(H,17,21,22)(H2,25,26,27)/t12-,13+,16+/m0/s1. The van der Waals surface area contributed by atoms with Gasteiger partial charge in [0.05, 0.1) is 17.6 Å². The second-order valence-electron chi connectivity index (χ2n) is 7.80. The maximum atomic E-state index is 12.6. The third-order valence-corrected chi connectivity index (χ3v) is 8.87. The van der Waals surface area contributed by atoms with Gasteiger partial charge in [0.25, 0.3) is 11.2 Å². The zero-order chi connectivity index (χ0) is 28.5. The van der Waals surface area contributed by atoms with Crippen LogP contribution in [0, 0.1) is 10.1 Å². The second-order valence-corrected chi connectivity index (χ2v) is 12.2. The number of aromatic amines is 1. The Labute approximate surface area is 210 Å². The highest BCUT2D eigenvalue weighted by molar-refractivity contribution is 7.66. The van der Waals surface area contributed by atoms with Crippen LogP contribution in [0.4, 0.5) is 5.69 Å². The summed E-state index contributed by atoms with van der Waals surface area (Å²) in [7, 11) is -17.0. The first-order valence-corrected chi connectivity index (χ1v) is 14.6. The first-order valence-electron chi connectivity index (χ1n) is 10.1. The zero-order valence-electron chi connectivity index (χ0n) is 18.7. The lowest BCUT2D eigenvalue weighted by Gasteiger charge is -2.31. The van der Waals surface area contributed by atoms with Gasteiger partial charge < -0.3 is 29.4 Å². The highest BCUT2D eigenvalue weighted by Gasteiger charge is 2.50. The Hall–Kier alpha value is -2.37. The van der Waals surface area contributed by atoms with Crippen molar-refractivity contribution in [2.24, 2.45) is 0 Å². The number of aromatic nitrogens is 2. The van der Waals surface area contributed by atoms with Gasteiger partial charge >= 0.3 is 29.2 Å². The molecule has 1 aromatic heterocycles. The van der Waals surface area contributed by atoms with E-state index >= 15 is 0 Å². The van der Waals surface area contributed by atoms with Crippen molar-refractivity contribution in [1.82, 2.24) is 9.55 Å². The number of ether oxygens (including phenoxy) is 1. The Morgan fingerprint density at radius 3 is 2.37 bits per heavy atom. The topological polar surface area (TPSA) is 287 Å². The number of phosphoric ester groups is 1. The normalized spacial score (nSPS) is 25.0. The highest BCUT2D eigenvalue weighted by Crippen LogP contribution is 2.66. The lowest BCUT2D eigenvalue weighted by molar-refractivity contribution is -0.385. The van der Waals surface area contributed by atoms with Crippen molar-refractivity contribution in [3.8, 4) is 0 Å². The third-order valence-electron chi connectivity index (χ3n) is 5.06. The fraction of sp³-hybridized carbons (Fsp3) is 0.375. The number of nitrogens with zero attached hydrogens (tertiary/aromatic N) is 2. The molecule has 38 heavy (non-hydrogen) atoms. The van der Waals surface area contributed by atoms with Crippen LogP contribution >= 0.6 is 23.5 Å². The van der Waals surface area contributed by atoms with Crippen LogP contribution in [0.25, 0.3) is 0 Å². The smallest absolute Gasteiger partial charge is 0.390 e. The molecule has 2 heterocycles. The average Bonchev–Trinajstić information content (AvgIpc) is 3.05. The number of nitro groups is 1. The molecule has 0 saturated carbocycles. The van der Waals surface area contributed by atoms with E-state index < -0.39 is 77.0 Å². The average molecular weight is 603 g/mol. The molecule has 1 fully saturated rings. The first-order chi connectivity index (χ1) is 17.4. The third kappa shape index (κ3) is 7.60. The van der Waals surface area contributed by atoms with Gasteiger partial charge in [0.15, 0.2) is 5.72 Å². The maximum absolute atomic E-state index is 12.6. The first kappa shape index (κ1) is 30.2. The Balaban J connectivity index is 1.90. The van der Waals surface area contributed by atoms with Crippen LogP contribution < -0.4 is 11.2 Å². The van der Waals surface area contributed by atoms with E-state index in [0.29, 0.717) is 0 Å². The molecule has 1 aliphatic rings. The van der Waals surface area contributed by atoms with E-state index in [0.717, 1.165) is 16.8 Å². The SMILES string of the molecule is O=c1ccn([C@@]2(Cc3ccccc3[N+](=O)[O-])C[C@H](O)[C@@H](COP(=O)(O)OP(=O)(O)OP(=O)(O)O)O2)c(=O)[nH]1. The van der Waals surface area contributed by atoms with Gasteiger partial charge in [-0.1, -0.05) is 18.2 Å². The van der Waals surface area contributed by atoms with Crippen LogP contribution in [0.5, 0.6) is 0 Å². The van der Waals surface area contributed by atoms with E-state index in [1.54, 1.807) is 0 Å². The fourth-order valence-electron chi connectivity index (χ4n) is 3.71. The van der Waals surface area contributed by atoms with E-state index in [2.05, 4.69) is 13.1 Å². The van der Waals surface area contributed by atoms with Gasteiger partial charge in [-0.15, -0.1) is 0 Å². The molecule has 0 aliphatic carbocycles. The number of hydrogen-bond donors (Lipinski definition) is 6. The van der Waals surface area contributed by atoms with Crippen LogP contribution in [0.1, 0.15) is 12.0 Å². The molecular formula is C16H20N3O16P3. The number of benzene rings is 1. The Bertz CT molecular complexity index is 1470. The molecule has 2 aromatic rings. The van der Waals surface area contributed by atoms with Gasteiger partial charge in [0, 0.05) is 36.7 Å². The van der Waals surface area contributed by atoms with Gasteiger partial charge in [-0.2, -0.15) is 8.62 Å². The quantitative estimate of drug-likeness (QED) is 0.110. The predicted octanol–water partition coefficient (Wildman–Crippen LogP) is -0.167. The molecule has 0 bridgehead atoms. The molecule has 0 radical (unpaired) electrons. The number of para-hydroxylation sites is 1. The van der Waals surface area contributed by atoms with E-state index in [4.69, 9.17) is 14.5 Å². The minimum atomic E-state index is -5.81. The molecule has 0 amide bonds. The number of nitro benzene ring substituents is 1. The summed E-state index contributed by atoms with van der Waals surface area (Å²) in [6.07, 6.45) is -3.02. The molecule has 6 N–H and O–H groups in total. The molecule has 5 atom stereocenters. The van der Waals surface area contributed by atoms with Gasteiger partial charge in [-0.25, -0.2) is 18.5 Å². The van der Waals surface area contributed by atoms with Crippen molar-refractivity contribution in [2.75, 3.05) is 6.61 Å². The minimum Gasteiger partial charge on any atom is -0.390 e. The monoisotopic (exact) mass is 603 g/mol. The number of phosphoric acid groups is 3. The number of aliphatic hydroxyl groups is 1. The fourth-order valence-corrected chi connectivity index (χ4v) is 6.74. The molecule has 2 unspecified atom stereocenters. The second kappa shape index (κ2) is 11.0. The molecule has 22 heteroatoms. The number of H-pyrrole nitrogens is 1. The summed E-state index contributed by atoms with van der Waals surface area (Å²) in [5.74, 6) is 0. The van der Waals surface area contributed by atoms with Crippen molar-refractivity contribution < 1.29 is 61.2 Å². The van der Waals surface area contributed by atoms with Crippen molar-refractivity contribution in [3.05, 3.63) is 73.0 Å². The summed E-state index contributed by atoms with van der Waals surface area (Å²) < 4.78 is 52.6. The molecular weight excluding hydrogens is 583 g/mol. The van der Waals surface area contributed by atoms with Crippen molar-refractivity contribution in [2.45, 2.75) is 30.8 Å². The largest absolute Gasteiger partial charge is 0.490 e. The van der Waals surface area contributed by atoms with Crippen molar-refractivity contribution >= 4 is 29.2 Å². The van der Waals surface area contributed by atoms with Gasteiger partial charge in [0.2, 0.25) is 0 Å². The van der Waals surface area contributed by atoms with Crippen LogP contribution in [-0.2, 0) is 43.7 Å².